The van der Waals surface area contributed by atoms with E-state index in [1.54, 1.807) is 6.20 Å². The standard InChI is InChI=1S/C14H15N3O2/c1-2-9-8-15-17-13(9)16-14(18)12-7-10-5-3-4-6-11(10)19-12/h3-6,8,12H,2,7H2,1H3,(H2,15,16,17,18). The topological polar surface area (TPSA) is 67.0 Å². The predicted molar refractivity (Wildman–Crippen MR) is 71.2 cm³/mol. The number of carbonyl (C=O) groups excluding carboxylic acids is 1. The number of H-pyrrole nitrogens is 1. The maximum Gasteiger partial charge on any atom is 0.266 e. The summed E-state index contributed by atoms with van der Waals surface area (Å²) in [5.74, 6) is 1.31. The molecule has 0 fully saturated rings. The van der Waals surface area contributed by atoms with Crippen LogP contribution in [-0.4, -0.2) is 22.2 Å². The molecule has 1 unspecified atom stereocenters. The zero-order chi connectivity index (χ0) is 13.2. The van der Waals surface area contributed by atoms with Gasteiger partial charge in [-0.3, -0.25) is 9.89 Å². The number of aromatic nitrogens is 2. The smallest absolute Gasteiger partial charge is 0.266 e. The minimum Gasteiger partial charge on any atom is -0.480 e. The van der Waals surface area contributed by atoms with Crippen LogP contribution in [0, 0.1) is 0 Å². The Kier molecular flexibility index (Phi) is 2.95. The first-order valence-corrected chi connectivity index (χ1v) is 6.35. The van der Waals surface area contributed by atoms with Crippen LogP contribution in [0.2, 0.25) is 0 Å². The highest BCUT2D eigenvalue weighted by molar-refractivity contribution is 5.94. The number of ether oxygens (including phenoxy) is 1. The van der Waals surface area contributed by atoms with Gasteiger partial charge in [0.2, 0.25) is 0 Å². The lowest BCUT2D eigenvalue weighted by atomic mass is 10.1. The summed E-state index contributed by atoms with van der Waals surface area (Å²) in [7, 11) is 0. The number of fused-ring (bicyclic) bond motifs is 1. The van der Waals surface area contributed by atoms with E-state index in [4.69, 9.17) is 4.74 Å². The first kappa shape index (κ1) is 11.8. The summed E-state index contributed by atoms with van der Waals surface area (Å²) in [4.78, 5) is 12.2. The van der Waals surface area contributed by atoms with Gasteiger partial charge < -0.3 is 10.1 Å². The Bertz CT molecular complexity index is 581. The Balaban J connectivity index is 1.70. The molecule has 0 saturated carbocycles. The summed E-state index contributed by atoms with van der Waals surface area (Å²) in [6, 6.07) is 7.72. The van der Waals surface area contributed by atoms with Crippen LogP contribution >= 0.6 is 0 Å². The van der Waals surface area contributed by atoms with Crippen molar-refractivity contribution >= 4 is 11.7 Å². The Morgan fingerprint density at radius 3 is 3.16 bits per heavy atom. The average molecular weight is 257 g/mol. The summed E-state index contributed by atoms with van der Waals surface area (Å²) in [5, 5.41) is 9.56. The van der Waals surface area contributed by atoms with E-state index in [-0.39, 0.29) is 5.91 Å². The molecule has 0 bridgehead atoms. The Labute approximate surface area is 111 Å². The van der Waals surface area contributed by atoms with E-state index >= 15 is 0 Å². The van der Waals surface area contributed by atoms with Gasteiger partial charge in [0.15, 0.2) is 6.10 Å². The van der Waals surface area contributed by atoms with Crippen LogP contribution in [0.25, 0.3) is 0 Å². The zero-order valence-electron chi connectivity index (χ0n) is 10.6. The fraction of sp³-hybridized carbons (Fsp3) is 0.286. The van der Waals surface area contributed by atoms with Crippen LogP contribution in [0.4, 0.5) is 5.82 Å². The van der Waals surface area contributed by atoms with Crippen molar-refractivity contribution in [2.45, 2.75) is 25.9 Å². The first-order chi connectivity index (χ1) is 9.28. The number of carbonyl (C=O) groups is 1. The number of benzene rings is 1. The largest absolute Gasteiger partial charge is 0.480 e. The summed E-state index contributed by atoms with van der Waals surface area (Å²) in [6.07, 6.45) is 2.68. The van der Waals surface area contributed by atoms with Crippen molar-refractivity contribution in [3.63, 3.8) is 0 Å². The van der Waals surface area contributed by atoms with Crippen molar-refractivity contribution in [1.29, 1.82) is 0 Å². The molecule has 0 saturated heterocycles. The Hall–Kier alpha value is -2.30. The first-order valence-electron chi connectivity index (χ1n) is 6.35. The highest BCUT2D eigenvalue weighted by Crippen LogP contribution is 2.28. The molecular formula is C14H15N3O2. The molecule has 1 aromatic carbocycles. The van der Waals surface area contributed by atoms with Crippen molar-refractivity contribution in [2.75, 3.05) is 5.32 Å². The third-order valence-corrected chi connectivity index (χ3v) is 3.29. The molecule has 1 aliphatic heterocycles. The van der Waals surface area contributed by atoms with Crippen LogP contribution in [0.3, 0.4) is 0 Å². The summed E-state index contributed by atoms with van der Waals surface area (Å²) < 4.78 is 5.64. The van der Waals surface area contributed by atoms with E-state index in [0.717, 1.165) is 23.3 Å². The molecule has 1 aliphatic rings. The highest BCUT2D eigenvalue weighted by atomic mass is 16.5. The molecule has 0 aliphatic carbocycles. The second-order valence-electron chi connectivity index (χ2n) is 4.53. The van der Waals surface area contributed by atoms with Crippen LogP contribution in [-0.2, 0) is 17.6 Å². The monoisotopic (exact) mass is 257 g/mol. The third-order valence-electron chi connectivity index (χ3n) is 3.29. The molecule has 19 heavy (non-hydrogen) atoms. The van der Waals surface area contributed by atoms with Crippen molar-refractivity contribution in [3.8, 4) is 5.75 Å². The minimum atomic E-state index is -0.467. The van der Waals surface area contributed by atoms with Gasteiger partial charge in [-0.05, 0) is 18.1 Å². The number of aromatic amines is 1. The van der Waals surface area contributed by atoms with Gasteiger partial charge in [-0.25, -0.2) is 0 Å². The van der Waals surface area contributed by atoms with Crippen molar-refractivity contribution < 1.29 is 9.53 Å². The van der Waals surface area contributed by atoms with Gasteiger partial charge in [0.1, 0.15) is 11.6 Å². The SMILES string of the molecule is CCc1cn[nH]c1NC(=O)C1Cc2ccccc2O1. The van der Waals surface area contributed by atoms with E-state index in [1.807, 2.05) is 31.2 Å². The van der Waals surface area contributed by atoms with Gasteiger partial charge in [0.25, 0.3) is 5.91 Å². The molecule has 1 aromatic heterocycles. The molecule has 5 nitrogen and oxygen atoms in total. The van der Waals surface area contributed by atoms with Crippen LogP contribution in [0.1, 0.15) is 18.1 Å². The number of anilines is 1. The van der Waals surface area contributed by atoms with Gasteiger partial charge in [0, 0.05) is 12.0 Å². The fourth-order valence-corrected chi connectivity index (χ4v) is 2.22. The van der Waals surface area contributed by atoms with Crippen molar-refractivity contribution in [2.24, 2.45) is 0 Å². The van der Waals surface area contributed by atoms with E-state index in [0.29, 0.717) is 12.2 Å². The zero-order valence-corrected chi connectivity index (χ0v) is 10.6. The molecule has 0 spiro atoms. The van der Waals surface area contributed by atoms with Crippen LogP contribution < -0.4 is 10.1 Å². The number of para-hydroxylation sites is 1. The lowest BCUT2D eigenvalue weighted by Crippen LogP contribution is -2.31. The van der Waals surface area contributed by atoms with Gasteiger partial charge in [-0.1, -0.05) is 25.1 Å². The summed E-state index contributed by atoms with van der Waals surface area (Å²) in [5.41, 5.74) is 2.06. The second-order valence-corrected chi connectivity index (χ2v) is 4.53. The van der Waals surface area contributed by atoms with Crippen molar-refractivity contribution in [3.05, 3.63) is 41.6 Å². The minimum absolute atomic E-state index is 0.143. The number of aryl methyl sites for hydroxylation is 1. The second kappa shape index (κ2) is 4.76. The van der Waals surface area contributed by atoms with Gasteiger partial charge >= 0.3 is 0 Å². The fourth-order valence-electron chi connectivity index (χ4n) is 2.22. The lowest BCUT2D eigenvalue weighted by molar-refractivity contribution is -0.122. The number of rotatable bonds is 3. The van der Waals surface area contributed by atoms with Crippen LogP contribution in [0.5, 0.6) is 5.75 Å². The Morgan fingerprint density at radius 1 is 1.53 bits per heavy atom. The molecule has 2 N–H and O–H groups in total. The normalized spacial score (nSPS) is 16.8. The van der Waals surface area contributed by atoms with Gasteiger partial charge in [-0.15, -0.1) is 0 Å². The molecule has 2 heterocycles. The maximum absolute atomic E-state index is 12.2. The maximum atomic E-state index is 12.2. The molecule has 2 aromatic rings. The van der Waals surface area contributed by atoms with E-state index in [9.17, 15) is 4.79 Å². The number of amides is 1. The lowest BCUT2D eigenvalue weighted by Gasteiger charge is -2.10. The van der Waals surface area contributed by atoms with Gasteiger partial charge in [-0.2, -0.15) is 5.10 Å². The Morgan fingerprint density at radius 2 is 2.37 bits per heavy atom. The average Bonchev–Trinajstić information content (AvgIpc) is 3.03. The molecule has 98 valence electrons. The summed E-state index contributed by atoms with van der Waals surface area (Å²) in [6.45, 7) is 2.02. The van der Waals surface area contributed by atoms with Crippen LogP contribution in [0.15, 0.2) is 30.5 Å². The number of hydrogen-bond acceptors (Lipinski definition) is 3. The quantitative estimate of drug-likeness (QED) is 0.882. The van der Waals surface area contributed by atoms with Crippen molar-refractivity contribution in [1.82, 2.24) is 10.2 Å². The molecule has 3 rings (SSSR count). The van der Waals surface area contributed by atoms with E-state index in [1.165, 1.54) is 0 Å². The third kappa shape index (κ3) is 2.19. The number of hydrogen-bond donors (Lipinski definition) is 2. The molecule has 0 radical (unpaired) electrons. The molecular weight excluding hydrogens is 242 g/mol. The molecule has 1 amide bonds. The summed E-state index contributed by atoms with van der Waals surface area (Å²) >= 11 is 0. The number of nitrogens with one attached hydrogen (secondary N) is 2. The molecule has 1 atom stereocenters. The van der Waals surface area contributed by atoms with E-state index in [2.05, 4.69) is 15.5 Å². The highest BCUT2D eigenvalue weighted by Gasteiger charge is 2.29. The molecule has 5 heteroatoms. The predicted octanol–water partition coefficient (Wildman–Crippen LogP) is 1.91. The van der Waals surface area contributed by atoms with Gasteiger partial charge in [0.05, 0.1) is 6.20 Å². The van der Waals surface area contributed by atoms with E-state index < -0.39 is 6.10 Å². The number of nitrogens with zero attached hydrogens (tertiary/aromatic N) is 1.